The molecular formula is C16H27NO3S. The molecule has 0 aliphatic rings. The summed E-state index contributed by atoms with van der Waals surface area (Å²) in [7, 11) is 2.45. The number of methoxy groups -OCH3 is 2. The zero-order chi connectivity index (χ0) is 15.7. The van der Waals surface area contributed by atoms with Crippen LogP contribution >= 0.6 is 0 Å². The third-order valence-electron chi connectivity index (χ3n) is 3.34. The first-order valence-electron chi connectivity index (χ1n) is 7.46. The maximum Gasteiger partial charge on any atom is 0.161 e. The smallest absolute Gasteiger partial charge is 0.161 e. The van der Waals surface area contributed by atoms with Crippen LogP contribution in [0.3, 0.4) is 0 Å². The zero-order valence-electron chi connectivity index (χ0n) is 13.5. The molecule has 0 saturated carbocycles. The van der Waals surface area contributed by atoms with Crippen LogP contribution in [0, 0.1) is 0 Å². The molecule has 5 heteroatoms. The van der Waals surface area contributed by atoms with Gasteiger partial charge in [0.1, 0.15) is 0 Å². The molecule has 0 saturated heterocycles. The first kappa shape index (κ1) is 18.0. The lowest BCUT2D eigenvalue weighted by molar-refractivity contribution is 0.354. The minimum atomic E-state index is -0.802. The number of ether oxygens (including phenoxy) is 2. The summed E-state index contributed by atoms with van der Waals surface area (Å²) < 4.78 is 22.8. The Morgan fingerprint density at radius 1 is 1.19 bits per heavy atom. The molecule has 0 amide bonds. The maximum absolute atomic E-state index is 12.2. The van der Waals surface area contributed by atoms with Crippen LogP contribution in [0.2, 0.25) is 0 Å². The van der Waals surface area contributed by atoms with Gasteiger partial charge in [-0.2, -0.15) is 0 Å². The van der Waals surface area contributed by atoms with E-state index in [1.165, 1.54) is 0 Å². The summed E-state index contributed by atoms with van der Waals surface area (Å²) in [5.74, 6) is 2.82. The summed E-state index contributed by atoms with van der Waals surface area (Å²) in [6.07, 6.45) is 2.09. The molecule has 0 spiro atoms. The zero-order valence-corrected chi connectivity index (χ0v) is 14.3. The summed E-state index contributed by atoms with van der Waals surface area (Å²) in [5, 5.41) is 3.41. The topological polar surface area (TPSA) is 47.6 Å². The highest BCUT2D eigenvalue weighted by Crippen LogP contribution is 2.30. The Kier molecular flexibility index (Phi) is 8.38. The second-order valence-corrected chi connectivity index (χ2v) is 6.51. The van der Waals surface area contributed by atoms with E-state index in [-0.39, 0.29) is 6.04 Å². The van der Waals surface area contributed by atoms with Crippen molar-refractivity contribution in [3.05, 3.63) is 23.8 Å². The van der Waals surface area contributed by atoms with Crippen LogP contribution in [0.25, 0.3) is 0 Å². The fraction of sp³-hybridized carbons (Fsp3) is 0.625. The van der Waals surface area contributed by atoms with Crippen molar-refractivity contribution in [2.24, 2.45) is 0 Å². The Hall–Kier alpha value is -1.07. The Morgan fingerprint density at radius 2 is 1.90 bits per heavy atom. The summed E-state index contributed by atoms with van der Waals surface area (Å²) in [6, 6.07) is 5.94. The van der Waals surface area contributed by atoms with E-state index in [1.54, 1.807) is 14.2 Å². The second-order valence-electron chi connectivity index (χ2n) is 4.89. The Morgan fingerprint density at radius 3 is 2.48 bits per heavy atom. The molecule has 1 aromatic carbocycles. The van der Waals surface area contributed by atoms with Crippen LogP contribution in [-0.2, 0) is 10.8 Å². The lowest BCUT2D eigenvalue weighted by Gasteiger charge is -2.19. The highest BCUT2D eigenvalue weighted by molar-refractivity contribution is 7.85. The highest BCUT2D eigenvalue weighted by Gasteiger charge is 2.16. The van der Waals surface area contributed by atoms with Crippen molar-refractivity contribution >= 4 is 10.8 Å². The van der Waals surface area contributed by atoms with E-state index >= 15 is 0 Å². The van der Waals surface area contributed by atoms with Crippen molar-refractivity contribution in [1.29, 1.82) is 0 Å². The van der Waals surface area contributed by atoms with Crippen molar-refractivity contribution in [3.8, 4) is 11.5 Å². The van der Waals surface area contributed by atoms with E-state index in [0.29, 0.717) is 17.3 Å². The number of hydrogen-bond donors (Lipinski definition) is 1. The van der Waals surface area contributed by atoms with Crippen molar-refractivity contribution in [1.82, 2.24) is 5.32 Å². The minimum absolute atomic E-state index is 0.0764. The lowest BCUT2D eigenvalue weighted by atomic mass is 10.1. The highest BCUT2D eigenvalue weighted by atomic mass is 32.2. The number of rotatable bonds is 10. The van der Waals surface area contributed by atoms with Gasteiger partial charge in [-0.3, -0.25) is 4.21 Å². The lowest BCUT2D eigenvalue weighted by Crippen LogP contribution is -2.26. The Labute approximate surface area is 130 Å². The largest absolute Gasteiger partial charge is 0.493 e. The molecule has 0 aliphatic heterocycles. The van der Waals surface area contributed by atoms with Gasteiger partial charge in [0.05, 0.1) is 14.2 Å². The minimum Gasteiger partial charge on any atom is -0.493 e. The molecule has 0 radical (unpaired) electrons. The van der Waals surface area contributed by atoms with Crippen LogP contribution in [-0.4, -0.2) is 36.5 Å². The van der Waals surface area contributed by atoms with Gasteiger partial charge in [0, 0.05) is 28.3 Å². The summed E-state index contributed by atoms with van der Waals surface area (Å²) in [6.45, 7) is 5.01. The summed E-state index contributed by atoms with van der Waals surface area (Å²) in [4.78, 5) is 0. The molecule has 2 atom stereocenters. The van der Waals surface area contributed by atoms with Crippen molar-refractivity contribution < 1.29 is 13.7 Å². The van der Waals surface area contributed by atoms with E-state index < -0.39 is 10.8 Å². The normalized spacial score (nSPS) is 13.7. The predicted molar refractivity (Wildman–Crippen MR) is 88.7 cm³/mol. The molecule has 0 fully saturated rings. The van der Waals surface area contributed by atoms with Gasteiger partial charge in [0.15, 0.2) is 11.5 Å². The van der Waals surface area contributed by atoms with E-state index in [1.807, 2.05) is 18.2 Å². The first-order valence-corrected chi connectivity index (χ1v) is 8.95. The van der Waals surface area contributed by atoms with Crippen molar-refractivity contribution in [3.63, 3.8) is 0 Å². The fourth-order valence-electron chi connectivity index (χ4n) is 2.16. The first-order chi connectivity index (χ1) is 10.2. The van der Waals surface area contributed by atoms with E-state index in [4.69, 9.17) is 9.47 Å². The van der Waals surface area contributed by atoms with Gasteiger partial charge in [0.25, 0.3) is 0 Å². The van der Waals surface area contributed by atoms with Gasteiger partial charge in [0.2, 0.25) is 0 Å². The molecule has 2 unspecified atom stereocenters. The summed E-state index contributed by atoms with van der Waals surface area (Å²) in [5.41, 5.74) is 1.08. The maximum atomic E-state index is 12.2. The van der Waals surface area contributed by atoms with E-state index in [0.717, 1.165) is 30.7 Å². The van der Waals surface area contributed by atoms with Gasteiger partial charge >= 0.3 is 0 Å². The van der Waals surface area contributed by atoms with Crippen molar-refractivity contribution in [2.75, 3.05) is 32.3 Å². The van der Waals surface area contributed by atoms with Crippen LogP contribution in [0.5, 0.6) is 11.5 Å². The van der Waals surface area contributed by atoms with Crippen LogP contribution < -0.4 is 14.8 Å². The number of hydrogen-bond acceptors (Lipinski definition) is 4. The molecule has 0 aliphatic carbocycles. The van der Waals surface area contributed by atoms with Gasteiger partial charge < -0.3 is 14.8 Å². The molecule has 0 aromatic heterocycles. The SMILES string of the molecule is CCCCS(=O)CC(NCC)c1ccc(OC)c(OC)c1. The van der Waals surface area contributed by atoms with Gasteiger partial charge in [-0.25, -0.2) is 0 Å². The number of benzene rings is 1. The average Bonchev–Trinajstić information content (AvgIpc) is 2.51. The van der Waals surface area contributed by atoms with Crippen molar-refractivity contribution in [2.45, 2.75) is 32.7 Å². The van der Waals surface area contributed by atoms with Gasteiger partial charge in [-0.15, -0.1) is 0 Å². The van der Waals surface area contributed by atoms with Crippen LogP contribution in [0.1, 0.15) is 38.3 Å². The molecule has 0 bridgehead atoms. The molecule has 1 rings (SSSR count). The average molecular weight is 313 g/mol. The second kappa shape index (κ2) is 9.79. The standard InChI is InChI=1S/C16H27NO3S/c1-5-7-10-21(18)12-14(17-6-2)13-8-9-15(19-3)16(11-13)20-4/h8-9,11,14,17H,5-7,10,12H2,1-4H3. The Balaban J connectivity index is 2.86. The molecule has 120 valence electrons. The number of unbranched alkanes of at least 4 members (excludes halogenated alkanes) is 1. The van der Waals surface area contributed by atoms with E-state index in [2.05, 4.69) is 19.2 Å². The molecular weight excluding hydrogens is 286 g/mol. The number of nitrogens with one attached hydrogen (secondary N) is 1. The third-order valence-corrected chi connectivity index (χ3v) is 4.79. The predicted octanol–water partition coefficient (Wildman–Crippen LogP) is 2.90. The summed E-state index contributed by atoms with van der Waals surface area (Å²) >= 11 is 0. The molecule has 1 aromatic rings. The van der Waals surface area contributed by atoms with Gasteiger partial charge in [-0.1, -0.05) is 26.3 Å². The molecule has 21 heavy (non-hydrogen) atoms. The fourth-order valence-corrected chi connectivity index (χ4v) is 3.62. The van der Waals surface area contributed by atoms with Crippen LogP contribution in [0.15, 0.2) is 18.2 Å². The molecule has 4 nitrogen and oxygen atoms in total. The quantitative estimate of drug-likeness (QED) is 0.721. The van der Waals surface area contributed by atoms with E-state index in [9.17, 15) is 4.21 Å². The van der Waals surface area contributed by atoms with Crippen LogP contribution in [0.4, 0.5) is 0 Å². The Bertz CT molecular complexity index is 451. The molecule has 1 N–H and O–H groups in total. The monoisotopic (exact) mass is 313 g/mol. The molecule has 0 heterocycles. The van der Waals surface area contributed by atoms with Gasteiger partial charge in [-0.05, 0) is 30.7 Å². The third kappa shape index (κ3) is 5.67.